The third-order valence-electron chi connectivity index (χ3n) is 4.92. The first-order chi connectivity index (χ1) is 9.13. The lowest BCUT2D eigenvalue weighted by atomic mass is 9.88. The molecule has 2 fully saturated rings. The van der Waals surface area contributed by atoms with Crippen LogP contribution in [0.1, 0.15) is 51.0 Å². The van der Waals surface area contributed by atoms with E-state index in [1.165, 1.54) is 24.8 Å². The Morgan fingerprint density at radius 1 is 1.16 bits per heavy atom. The van der Waals surface area contributed by atoms with Crippen molar-refractivity contribution >= 4 is 11.6 Å². The van der Waals surface area contributed by atoms with Crippen molar-refractivity contribution in [3.63, 3.8) is 0 Å². The van der Waals surface area contributed by atoms with Crippen molar-refractivity contribution in [3.05, 3.63) is 29.8 Å². The zero-order valence-electron chi connectivity index (χ0n) is 11.9. The normalized spacial score (nSPS) is 28.9. The third-order valence-corrected chi connectivity index (χ3v) is 4.92. The zero-order chi connectivity index (χ0) is 13.4. The summed E-state index contributed by atoms with van der Waals surface area (Å²) in [7, 11) is 0. The van der Waals surface area contributed by atoms with Crippen molar-refractivity contribution in [1.82, 2.24) is 0 Å². The molecule has 19 heavy (non-hydrogen) atoms. The number of anilines is 1. The highest BCUT2D eigenvalue weighted by Crippen LogP contribution is 2.48. The summed E-state index contributed by atoms with van der Waals surface area (Å²) in [6, 6.07) is 8.28. The highest BCUT2D eigenvalue weighted by molar-refractivity contribution is 5.93. The molecule has 102 valence electrons. The zero-order valence-corrected chi connectivity index (χ0v) is 11.9. The van der Waals surface area contributed by atoms with Gasteiger partial charge in [-0.2, -0.15) is 0 Å². The third kappa shape index (κ3) is 2.54. The molecular weight excluding hydrogens is 234 g/mol. The van der Waals surface area contributed by atoms with Gasteiger partial charge in [-0.25, -0.2) is 0 Å². The van der Waals surface area contributed by atoms with Crippen LogP contribution in [0.2, 0.25) is 0 Å². The molecule has 0 radical (unpaired) electrons. The van der Waals surface area contributed by atoms with E-state index in [1.807, 2.05) is 12.1 Å². The molecule has 0 spiro atoms. The van der Waals surface area contributed by atoms with E-state index in [0.29, 0.717) is 11.8 Å². The van der Waals surface area contributed by atoms with Crippen LogP contribution < -0.4 is 5.32 Å². The predicted molar refractivity (Wildman–Crippen MR) is 78.1 cm³/mol. The Hall–Kier alpha value is -1.31. The molecule has 3 rings (SSSR count). The topological polar surface area (TPSA) is 29.1 Å². The summed E-state index contributed by atoms with van der Waals surface area (Å²) in [6.45, 7) is 4.37. The minimum atomic E-state index is 0.240. The monoisotopic (exact) mass is 257 g/mol. The SMILES string of the molecule is CC(C)c1ccc(NC(=O)[C@H]2C[C@H]3CC[C@@H]2C3)cc1. The van der Waals surface area contributed by atoms with Gasteiger partial charge in [-0.15, -0.1) is 0 Å². The molecule has 2 saturated carbocycles. The van der Waals surface area contributed by atoms with Crippen LogP contribution >= 0.6 is 0 Å². The first-order valence-electron chi connectivity index (χ1n) is 7.54. The van der Waals surface area contributed by atoms with Crippen LogP contribution in [0.5, 0.6) is 0 Å². The first-order valence-corrected chi connectivity index (χ1v) is 7.54. The Morgan fingerprint density at radius 3 is 2.42 bits per heavy atom. The molecule has 1 aromatic rings. The van der Waals surface area contributed by atoms with Crippen LogP contribution in [0.3, 0.4) is 0 Å². The standard InChI is InChI=1S/C17H23NO/c1-11(2)13-5-7-15(8-6-13)18-17(19)16-10-12-3-4-14(16)9-12/h5-8,11-12,14,16H,3-4,9-10H2,1-2H3,(H,18,19)/t12-,14+,16-/m0/s1. The summed E-state index contributed by atoms with van der Waals surface area (Å²) >= 11 is 0. The number of benzene rings is 1. The van der Waals surface area contributed by atoms with E-state index in [0.717, 1.165) is 18.0 Å². The fraction of sp³-hybridized carbons (Fsp3) is 0.588. The molecule has 2 nitrogen and oxygen atoms in total. The smallest absolute Gasteiger partial charge is 0.227 e. The van der Waals surface area contributed by atoms with Crippen molar-refractivity contribution in [2.75, 3.05) is 5.32 Å². The molecule has 0 saturated heterocycles. The van der Waals surface area contributed by atoms with Crippen molar-refractivity contribution in [1.29, 1.82) is 0 Å². The van der Waals surface area contributed by atoms with Crippen molar-refractivity contribution in [3.8, 4) is 0 Å². The Morgan fingerprint density at radius 2 is 1.89 bits per heavy atom. The van der Waals surface area contributed by atoms with Gasteiger partial charge < -0.3 is 5.32 Å². The molecule has 1 aromatic carbocycles. The second kappa shape index (κ2) is 4.99. The summed E-state index contributed by atoms with van der Waals surface area (Å²) < 4.78 is 0. The number of carbonyl (C=O) groups is 1. The molecular formula is C17H23NO. The Kier molecular flexibility index (Phi) is 3.34. The van der Waals surface area contributed by atoms with Gasteiger partial charge in [-0.3, -0.25) is 4.79 Å². The highest BCUT2D eigenvalue weighted by atomic mass is 16.1. The maximum absolute atomic E-state index is 12.3. The molecule has 1 N–H and O–H groups in total. The van der Waals surface area contributed by atoms with Gasteiger partial charge in [0.1, 0.15) is 0 Å². The predicted octanol–water partition coefficient (Wildman–Crippen LogP) is 4.18. The number of fused-ring (bicyclic) bond motifs is 2. The molecule has 2 aliphatic carbocycles. The van der Waals surface area contributed by atoms with Gasteiger partial charge in [-0.05, 0) is 54.7 Å². The van der Waals surface area contributed by atoms with Gasteiger partial charge in [0, 0.05) is 11.6 Å². The number of amides is 1. The summed E-state index contributed by atoms with van der Waals surface area (Å²) in [4.78, 5) is 12.3. The van der Waals surface area contributed by atoms with Crippen LogP contribution in [0.25, 0.3) is 0 Å². The van der Waals surface area contributed by atoms with Crippen LogP contribution in [-0.4, -0.2) is 5.91 Å². The van der Waals surface area contributed by atoms with Gasteiger partial charge in [-0.1, -0.05) is 32.4 Å². The molecule has 1 amide bonds. The molecule has 0 unspecified atom stereocenters. The lowest BCUT2D eigenvalue weighted by Crippen LogP contribution is -2.27. The van der Waals surface area contributed by atoms with Gasteiger partial charge in [0.25, 0.3) is 0 Å². The maximum atomic E-state index is 12.3. The van der Waals surface area contributed by atoms with E-state index in [2.05, 4.69) is 31.3 Å². The van der Waals surface area contributed by atoms with Crippen LogP contribution in [0.4, 0.5) is 5.69 Å². The van der Waals surface area contributed by atoms with Gasteiger partial charge in [0.15, 0.2) is 0 Å². The molecule has 2 aliphatic rings. The number of nitrogens with one attached hydrogen (secondary N) is 1. The molecule has 2 bridgehead atoms. The second-order valence-corrected chi connectivity index (χ2v) is 6.55. The minimum absolute atomic E-state index is 0.240. The Labute approximate surface area is 115 Å². The number of carbonyl (C=O) groups excluding carboxylic acids is 1. The van der Waals surface area contributed by atoms with Crippen molar-refractivity contribution < 1.29 is 4.79 Å². The second-order valence-electron chi connectivity index (χ2n) is 6.55. The summed E-state index contributed by atoms with van der Waals surface area (Å²) in [6.07, 6.45) is 5.00. The molecule has 0 aromatic heterocycles. The first kappa shape index (κ1) is 12.7. The molecule has 0 heterocycles. The van der Waals surface area contributed by atoms with Gasteiger partial charge >= 0.3 is 0 Å². The van der Waals surface area contributed by atoms with E-state index >= 15 is 0 Å². The van der Waals surface area contributed by atoms with E-state index in [9.17, 15) is 4.79 Å². The molecule has 3 atom stereocenters. The summed E-state index contributed by atoms with van der Waals surface area (Å²) in [5.74, 6) is 2.52. The fourth-order valence-electron chi connectivity index (χ4n) is 3.75. The van der Waals surface area contributed by atoms with Crippen LogP contribution in [0, 0.1) is 17.8 Å². The van der Waals surface area contributed by atoms with Gasteiger partial charge in [0.2, 0.25) is 5.91 Å². The highest BCUT2D eigenvalue weighted by Gasteiger charge is 2.42. The number of hydrogen-bond acceptors (Lipinski definition) is 1. The van der Waals surface area contributed by atoms with Crippen LogP contribution in [0.15, 0.2) is 24.3 Å². The lowest BCUT2D eigenvalue weighted by Gasteiger charge is -2.20. The number of rotatable bonds is 3. The van der Waals surface area contributed by atoms with E-state index in [-0.39, 0.29) is 11.8 Å². The average Bonchev–Trinajstić information content (AvgIpc) is 3.01. The summed E-state index contributed by atoms with van der Waals surface area (Å²) in [5.41, 5.74) is 2.26. The largest absolute Gasteiger partial charge is 0.326 e. The van der Waals surface area contributed by atoms with E-state index < -0.39 is 0 Å². The lowest BCUT2D eigenvalue weighted by molar-refractivity contribution is -0.121. The van der Waals surface area contributed by atoms with Gasteiger partial charge in [0.05, 0.1) is 0 Å². The quantitative estimate of drug-likeness (QED) is 0.864. The maximum Gasteiger partial charge on any atom is 0.227 e. The average molecular weight is 257 g/mol. The summed E-state index contributed by atoms with van der Waals surface area (Å²) in [5, 5.41) is 3.10. The van der Waals surface area contributed by atoms with Crippen molar-refractivity contribution in [2.45, 2.75) is 45.4 Å². The minimum Gasteiger partial charge on any atom is -0.326 e. The fourth-order valence-corrected chi connectivity index (χ4v) is 3.75. The Bertz CT molecular complexity index is 463. The molecule has 0 aliphatic heterocycles. The van der Waals surface area contributed by atoms with Crippen molar-refractivity contribution in [2.24, 2.45) is 17.8 Å². The van der Waals surface area contributed by atoms with E-state index in [4.69, 9.17) is 0 Å². The Balaban J connectivity index is 1.63. The van der Waals surface area contributed by atoms with Crippen LogP contribution in [-0.2, 0) is 4.79 Å². The molecule has 2 heteroatoms. The van der Waals surface area contributed by atoms with E-state index in [1.54, 1.807) is 0 Å². The number of hydrogen-bond donors (Lipinski definition) is 1.